The lowest BCUT2D eigenvalue weighted by Gasteiger charge is -2.47. The lowest BCUT2D eigenvalue weighted by molar-refractivity contribution is 0.177. The summed E-state index contributed by atoms with van der Waals surface area (Å²) in [4.78, 5) is 0. The second kappa shape index (κ2) is 10.9. The first-order valence-corrected chi connectivity index (χ1v) is 15.7. The third kappa shape index (κ3) is 5.05. The van der Waals surface area contributed by atoms with Crippen LogP contribution in [0.2, 0.25) is 0 Å². The predicted molar refractivity (Wildman–Crippen MR) is 162 cm³/mol. The van der Waals surface area contributed by atoms with E-state index in [1.54, 1.807) is 0 Å². The van der Waals surface area contributed by atoms with Crippen LogP contribution in [-0.2, 0) is 14.6 Å². The van der Waals surface area contributed by atoms with E-state index in [2.05, 4.69) is 124 Å². The van der Waals surface area contributed by atoms with Gasteiger partial charge in [0.05, 0.1) is 0 Å². The molecule has 0 amide bonds. The average molecular weight is 538 g/mol. The highest BCUT2D eigenvalue weighted by molar-refractivity contribution is 7.56. The molecule has 1 aliphatic heterocycles. The van der Waals surface area contributed by atoms with E-state index < -0.39 is 13.1 Å². The Kier molecular flexibility index (Phi) is 7.71. The van der Waals surface area contributed by atoms with Crippen molar-refractivity contribution >= 4 is 7.52 Å². The second-order valence-corrected chi connectivity index (χ2v) is 14.2. The van der Waals surface area contributed by atoms with Gasteiger partial charge in [0, 0.05) is 12.2 Å². The summed E-state index contributed by atoms with van der Waals surface area (Å²) in [6, 6.07) is 41.7. The van der Waals surface area contributed by atoms with E-state index in [1.165, 1.54) is 0 Å². The highest BCUT2D eigenvalue weighted by Crippen LogP contribution is 2.70. The smallest absolute Gasteiger partial charge is 0.275 e. The molecule has 1 heterocycles. The van der Waals surface area contributed by atoms with Crippen LogP contribution < -0.4 is 0 Å². The van der Waals surface area contributed by atoms with Crippen LogP contribution in [0.15, 0.2) is 121 Å². The Balaban J connectivity index is 1.84. The minimum Gasteiger partial charge on any atom is -0.307 e. The van der Waals surface area contributed by atoms with Gasteiger partial charge in [-0.15, -0.1) is 0 Å². The van der Waals surface area contributed by atoms with Crippen LogP contribution in [0.1, 0.15) is 63.0 Å². The van der Waals surface area contributed by atoms with Crippen molar-refractivity contribution in [3.05, 3.63) is 144 Å². The molecule has 0 bridgehead atoms. The summed E-state index contributed by atoms with van der Waals surface area (Å²) >= 11 is 0. The zero-order chi connectivity index (χ0) is 27.7. The quantitative estimate of drug-likeness (QED) is 0.174. The van der Waals surface area contributed by atoms with Gasteiger partial charge in [-0.3, -0.25) is 4.57 Å². The Bertz CT molecular complexity index is 1300. The maximum absolute atomic E-state index is 15.7. The van der Waals surface area contributed by atoms with Crippen molar-refractivity contribution in [3.63, 3.8) is 0 Å². The Hall–Kier alpha value is -2.97. The molecule has 3 nitrogen and oxygen atoms in total. The summed E-state index contributed by atoms with van der Waals surface area (Å²) in [5.74, 6) is 0.174. The third-order valence-corrected chi connectivity index (χ3v) is 11.3. The lowest BCUT2D eigenvalue weighted by Crippen LogP contribution is -2.49. The maximum Gasteiger partial charge on any atom is 0.275 e. The minimum atomic E-state index is -3.40. The molecule has 1 unspecified atom stereocenters. The summed E-state index contributed by atoms with van der Waals surface area (Å²) in [6.45, 7) is 11.1. The number of hydrogen-bond donors (Lipinski definition) is 0. The molecule has 4 aromatic carbocycles. The van der Waals surface area contributed by atoms with Gasteiger partial charge in [-0.2, -0.15) is 0 Å². The Labute approximate surface area is 234 Å². The van der Waals surface area contributed by atoms with Crippen LogP contribution in [-0.4, -0.2) is 16.9 Å². The molecule has 0 N–H and O–H groups in total. The minimum absolute atomic E-state index is 0.0184. The van der Waals surface area contributed by atoms with Crippen LogP contribution in [0.5, 0.6) is 0 Å². The van der Waals surface area contributed by atoms with Gasteiger partial charge in [-0.1, -0.05) is 149 Å². The molecule has 0 aromatic heterocycles. The zero-order valence-corrected chi connectivity index (χ0v) is 24.6. The monoisotopic (exact) mass is 537 g/mol. The normalized spacial score (nSPS) is 23.0. The Morgan fingerprint density at radius 2 is 1.10 bits per heavy atom. The molecule has 39 heavy (non-hydrogen) atoms. The van der Waals surface area contributed by atoms with E-state index in [0.717, 1.165) is 22.3 Å². The Morgan fingerprint density at radius 1 is 0.718 bits per heavy atom. The van der Waals surface area contributed by atoms with E-state index in [-0.39, 0.29) is 23.5 Å². The molecule has 5 rings (SSSR count). The third-order valence-electron chi connectivity index (χ3n) is 8.46. The fourth-order valence-corrected chi connectivity index (χ4v) is 9.66. The average Bonchev–Trinajstić information content (AvgIpc) is 3.21. The van der Waals surface area contributed by atoms with Gasteiger partial charge in [0.15, 0.2) is 0 Å². The van der Waals surface area contributed by atoms with E-state index in [0.29, 0.717) is 6.16 Å². The van der Waals surface area contributed by atoms with Gasteiger partial charge in [0.2, 0.25) is 0 Å². The standard InChI is InChI=1S/C35H40NO2P/c1-27(34(3,4)5)26-39(37)36(28(2)33(38-39)29-18-10-6-11-19-29)35(30-20-12-7-13-21-30,31-22-14-8-15-23-31)32-24-16-9-17-25-32/h6-25,27-28,33H,26H2,1-5H3/t27-,28+,33+,39?/m1/s1. The fraction of sp³-hybridized carbons (Fsp3) is 0.314. The van der Waals surface area contributed by atoms with Crippen molar-refractivity contribution in [2.45, 2.75) is 52.3 Å². The second-order valence-electron chi connectivity index (χ2n) is 11.9. The van der Waals surface area contributed by atoms with E-state index >= 15 is 4.57 Å². The fourth-order valence-electron chi connectivity index (χ4n) is 5.92. The van der Waals surface area contributed by atoms with Crippen molar-refractivity contribution in [3.8, 4) is 0 Å². The number of benzene rings is 4. The van der Waals surface area contributed by atoms with Crippen LogP contribution >= 0.6 is 7.52 Å². The van der Waals surface area contributed by atoms with Crippen LogP contribution in [0, 0.1) is 11.3 Å². The molecule has 4 atom stereocenters. The van der Waals surface area contributed by atoms with Crippen molar-refractivity contribution in [2.24, 2.45) is 11.3 Å². The highest BCUT2D eigenvalue weighted by Gasteiger charge is 2.59. The number of nitrogens with zero attached hydrogens (tertiary/aromatic N) is 1. The SMILES string of the molecule is C[C@H](CP1(=O)O[C@H](c2ccccc2)[C@H](C)N1C(c1ccccc1)(c1ccccc1)c1ccccc1)C(C)(C)C. The first kappa shape index (κ1) is 27.6. The molecule has 0 aliphatic carbocycles. The largest absolute Gasteiger partial charge is 0.307 e. The summed E-state index contributed by atoms with van der Waals surface area (Å²) in [7, 11) is -3.40. The maximum atomic E-state index is 15.7. The molecular weight excluding hydrogens is 497 g/mol. The topological polar surface area (TPSA) is 29.5 Å². The summed E-state index contributed by atoms with van der Waals surface area (Å²) in [6.07, 6.45) is 0.151. The van der Waals surface area contributed by atoms with Gasteiger partial charge in [0.1, 0.15) is 11.6 Å². The first-order chi connectivity index (χ1) is 18.7. The van der Waals surface area contributed by atoms with E-state index in [1.807, 2.05) is 36.4 Å². The number of rotatable bonds is 7. The van der Waals surface area contributed by atoms with Crippen LogP contribution in [0.3, 0.4) is 0 Å². The molecule has 0 spiro atoms. The molecule has 0 saturated carbocycles. The predicted octanol–water partition coefficient (Wildman–Crippen LogP) is 9.32. The van der Waals surface area contributed by atoms with Crippen molar-refractivity contribution in [1.29, 1.82) is 0 Å². The van der Waals surface area contributed by atoms with Gasteiger partial charge in [-0.05, 0) is 40.5 Å². The molecule has 4 aromatic rings. The van der Waals surface area contributed by atoms with Crippen molar-refractivity contribution in [1.82, 2.24) is 4.67 Å². The lowest BCUT2D eigenvalue weighted by atomic mass is 9.76. The van der Waals surface area contributed by atoms with Gasteiger partial charge in [0.25, 0.3) is 7.52 Å². The molecule has 1 aliphatic rings. The van der Waals surface area contributed by atoms with Crippen molar-refractivity contribution < 1.29 is 9.09 Å². The summed E-state index contributed by atoms with van der Waals surface area (Å²) in [5, 5.41) is 0. The molecule has 1 saturated heterocycles. The van der Waals surface area contributed by atoms with Gasteiger partial charge in [-0.25, -0.2) is 4.67 Å². The zero-order valence-electron chi connectivity index (χ0n) is 23.7. The molecule has 202 valence electrons. The highest BCUT2D eigenvalue weighted by atomic mass is 31.2. The van der Waals surface area contributed by atoms with Crippen LogP contribution in [0.25, 0.3) is 0 Å². The molecule has 0 radical (unpaired) electrons. The molecule has 1 fully saturated rings. The van der Waals surface area contributed by atoms with E-state index in [4.69, 9.17) is 4.52 Å². The van der Waals surface area contributed by atoms with E-state index in [9.17, 15) is 0 Å². The Morgan fingerprint density at radius 3 is 1.49 bits per heavy atom. The van der Waals surface area contributed by atoms with Crippen LogP contribution in [0.4, 0.5) is 0 Å². The van der Waals surface area contributed by atoms with Gasteiger partial charge >= 0.3 is 0 Å². The van der Waals surface area contributed by atoms with Crippen molar-refractivity contribution in [2.75, 3.05) is 6.16 Å². The number of hydrogen-bond acceptors (Lipinski definition) is 2. The molecule has 4 heteroatoms. The first-order valence-electron chi connectivity index (χ1n) is 14.0. The molecular formula is C35H40NO2P. The summed E-state index contributed by atoms with van der Waals surface area (Å²) in [5.41, 5.74) is 3.45. The van der Waals surface area contributed by atoms with Gasteiger partial charge < -0.3 is 4.52 Å². The summed E-state index contributed by atoms with van der Waals surface area (Å²) < 4.78 is 24.8.